The Labute approximate surface area is 224 Å². The summed E-state index contributed by atoms with van der Waals surface area (Å²) in [5, 5.41) is 53.0. The van der Waals surface area contributed by atoms with E-state index in [4.69, 9.17) is 30.6 Å². The van der Waals surface area contributed by atoms with Gasteiger partial charge in [-0.1, -0.05) is 36.4 Å². The fraction of sp³-hybridized carbons (Fsp3) is 0. The standard InChI is InChI=1S/C12H8O4.2C8H6O4/c13-11(14)9-6-5-7-3-1-2-4-8(7)10(9)12(15)16;9-7(10)5-1-2-6(4-3-5)8(11)12;9-7(10)5-2-1-3-6(4-5)8(11)12/h1-6H,(H,13,14)(H,15,16);2*1-4H,(H,9,10)(H,11,12). The molecular weight excluding hydrogens is 528 g/mol. The Hall–Kier alpha value is -6.04. The zero-order chi connectivity index (χ0) is 30.0. The molecule has 0 radical (unpaired) electrons. The van der Waals surface area contributed by atoms with Gasteiger partial charge in [-0.3, -0.25) is 0 Å². The van der Waals surface area contributed by atoms with Gasteiger partial charge >= 0.3 is 35.8 Å². The van der Waals surface area contributed by atoms with Crippen LogP contribution in [0.5, 0.6) is 0 Å². The zero-order valence-corrected chi connectivity index (χ0v) is 20.2. The van der Waals surface area contributed by atoms with Crippen molar-refractivity contribution >= 4 is 46.6 Å². The molecule has 0 aliphatic carbocycles. The molecule has 12 nitrogen and oxygen atoms in total. The van der Waals surface area contributed by atoms with Crippen LogP contribution in [-0.4, -0.2) is 66.5 Å². The van der Waals surface area contributed by atoms with Crippen molar-refractivity contribution in [3.63, 3.8) is 0 Å². The van der Waals surface area contributed by atoms with Gasteiger partial charge in [0.05, 0.1) is 33.4 Å². The van der Waals surface area contributed by atoms with Crippen molar-refractivity contribution in [1.82, 2.24) is 0 Å². The second-order valence-corrected chi connectivity index (χ2v) is 7.70. The largest absolute Gasteiger partial charge is 0.478 e. The highest BCUT2D eigenvalue weighted by molar-refractivity contribution is 6.11. The molecule has 0 atom stereocenters. The molecule has 40 heavy (non-hydrogen) atoms. The minimum atomic E-state index is -1.23. The van der Waals surface area contributed by atoms with Gasteiger partial charge in [0.2, 0.25) is 0 Å². The van der Waals surface area contributed by atoms with Crippen LogP contribution in [0.3, 0.4) is 0 Å². The Morgan fingerprint density at radius 3 is 1.25 bits per heavy atom. The van der Waals surface area contributed by atoms with E-state index in [1.165, 1.54) is 48.5 Å². The number of carbonyl (C=O) groups is 6. The van der Waals surface area contributed by atoms with Crippen LogP contribution in [0.25, 0.3) is 10.8 Å². The summed E-state index contributed by atoms with van der Waals surface area (Å²) in [6, 6.07) is 19.9. The Morgan fingerprint density at radius 1 is 0.400 bits per heavy atom. The summed E-state index contributed by atoms with van der Waals surface area (Å²) in [4.78, 5) is 63.4. The number of carboxylic acid groups (broad SMARTS) is 6. The van der Waals surface area contributed by atoms with Crippen LogP contribution in [0.15, 0.2) is 84.9 Å². The molecule has 204 valence electrons. The van der Waals surface area contributed by atoms with Crippen LogP contribution in [0.1, 0.15) is 62.1 Å². The average Bonchev–Trinajstić information content (AvgIpc) is 2.93. The lowest BCUT2D eigenvalue weighted by molar-refractivity contribution is 0.0653. The van der Waals surface area contributed by atoms with Crippen LogP contribution in [0, 0.1) is 0 Å². The van der Waals surface area contributed by atoms with E-state index in [1.54, 1.807) is 30.3 Å². The Balaban J connectivity index is 0.000000214. The van der Waals surface area contributed by atoms with Gasteiger partial charge in [0.15, 0.2) is 0 Å². The highest BCUT2D eigenvalue weighted by Crippen LogP contribution is 2.22. The van der Waals surface area contributed by atoms with Crippen LogP contribution in [0.4, 0.5) is 0 Å². The first-order chi connectivity index (χ1) is 18.8. The minimum Gasteiger partial charge on any atom is -0.478 e. The van der Waals surface area contributed by atoms with E-state index in [1.807, 2.05) is 0 Å². The molecule has 0 spiro atoms. The van der Waals surface area contributed by atoms with Crippen LogP contribution in [-0.2, 0) is 0 Å². The lowest BCUT2D eigenvalue weighted by Gasteiger charge is -2.05. The van der Waals surface area contributed by atoms with Gasteiger partial charge in [0.25, 0.3) is 0 Å². The van der Waals surface area contributed by atoms with Gasteiger partial charge < -0.3 is 30.6 Å². The first kappa shape index (κ1) is 30.2. The number of rotatable bonds is 6. The van der Waals surface area contributed by atoms with Gasteiger partial charge in [-0.05, 0) is 59.3 Å². The van der Waals surface area contributed by atoms with Crippen LogP contribution < -0.4 is 0 Å². The average molecular weight is 548 g/mol. The molecule has 4 aromatic carbocycles. The minimum absolute atomic E-state index is 0.0186. The van der Waals surface area contributed by atoms with Crippen LogP contribution >= 0.6 is 0 Å². The maximum Gasteiger partial charge on any atom is 0.337 e. The summed E-state index contributed by atoms with van der Waals surface area (Å²) in [6.45, 7) is 0. The molecule has 0 aromatic heterocycles. The van der Waals surface area contributed by atoms with Crippen molar-refractivity contribution in [2.45, 2.75) is 0 Å². The Morgan fingerprint density at radius 2 is 0.850 bits per heavy atom. The molecule has 4 aromatic rings. The molecule has 6 N–H and O–H groups in total. The van der Waals surface area contributed by atoms with E-state index in [0.717, 1.165) is 6.07 Å². The fourth-order valence-electron chi connectivity index (χ4n) is 3.22. The normalized spacial score (nSPS) is 9.70. The third kappa shape index (κ3) is 7.98. The summed E-state index contributed by atoms with van der Waals surface area (Å²) in [5.74, 6) is -6.84. The maximum atomic E-state index is 11.1. The van der Waals surface area contributed by atoms with E-state index >= 15 is 0 Å². The number of aromatic carboxylic acids is 6. The van der Waals surface area contributed by atoms with Crippen LogP contribution in [0.2, 0.25) is 0 Å². The molecule has 0 saturated carbocycles. The lowest BCUT2D eigenvalue weighted by Crippen LogP contribution is -2.08. The van der Waals surface area contributed by atoms with Crippen molar-refractivity contribution in [3.05, 3.63) is 118 Å². The zero-order valence-electron chi connectivity index (χ0n) is 20.2. The Kier molecular flexibility index (Phi) is 10.2. The highest BCUT2D eigenvalue weighted by atomic mass is 16.4. The topological polar surface area (TPSA) is 224 Å². The molecule has 0 saturated heterocycles. The van der Waals surface area contributed by atoms with E-state index in [0.29, 0.717) is 10.8 Å². The summed E-state index contributed by atoms with van der Waals surface area (Å²) in [7, 11) is 0. The van der Waals surface area contributed by atoms with Gasteiger partial charge in [-0.2, -0.15) is 0 Å². The van der Waals surface area contributed by atoms with E-state index < -0.39 is 35.8 Å². The van der Waals surface area contributed by atoms with Crippen molar-refractivity contribution < 1.29 is 59.4 Å². The molecule has 0 bridgehead atoms. The number of benzene rings is 4. The van der Waals surface area contributed by atoms with Crippen molar-refractivity contribution in [3.8, 4) is 0 Å². The molecule has 0 aliphatic heterocycles. The summed E-state index contributed by atoms with van der Waals surface area (Å²) < 4.78 is 0. The third-order valence-corrected chi connectivity index (χ3v) is 5.11. The molecular formula is C28H20O12. The van der Waals surface area contributed by atoms with Gasteiger partial charge in [-0.15, -0.1) is 0 Å². The molecule has 4 rings (SSSR count). The SMILES string of the molecule is O=C(O)c1ccc(C(=O)O)cc1.O=C(O)c1ccc2ccccc2c1C(=O)O.O=C(O)c1cccc(C(=O)O)c1. The van der Waals surface area contributed by atoms with E-state index in [9.17, 15) is 28.8 Å². The molecule has 12 heteroatoms. The molecule has 0 heterocycles. The third-order valence-electron chi connectivity index (χ3n) is 5.11. The lowest BCUT2D eigenvalue weighted by atomic mass is 9.99. The predicted octanol–water partition coefficient (Wildman–Crippen LogP) is 4.40. The second kappa shape index (κ2) is 13.5. The summed E-state index contributed by atoms with van der Waals surface area (Å²) in [5.41, 5.74) is -0.221. The molecule has 0 aliphatic rings. The highest BCUT2D eigenvalue weighted by Gasteiger charge is 2.18. The van der Waals surface area contributed by atoms with E-state index in [-0.39, 0.29) is 33.4 Å². The van der Waals surface area contributed by atoms with E-state index in [2.05, 4.69) is 0 Å². The predicted molar refractivity (Wildman–Crippen MR) is 139 cm³/mol. The number of hydrogen-bond acceptors (Lipinski definition) is 6. The number of fused-ring (bicyclic) bond motifs is 1. The number of hydrogen-bond donors (Lipinski definition) is 6. The van der Waals surface area contributed by atoms with Crippen molar-refractivity contribution in [1.29, 1.82) is 0 Å². The molecule has 0 amide bonds. The second-order valence-electron chi connectivity index (χ2n) is 7.70. The maximum absolute atomic E-state index is 11.1. The molecule has 0 unspecified atom stereocenters. The first-order valence-electron chi connectivity index (χ1n) is 10.9. The monoisotopic (exact) mass is 548 g/mol. The Bertz CT molecular complexity index is 1540. The summed E-state index contributed by atoms with van der Waals surface area (Å²) in [6.07, 6.45) is 0. The summed E-state index contributed by atoms with van der Waals surface area (Å²) >= 11 is 0. The van der Waals surface area contributed by atoms with Gasteiger partial charge in [-0.25, -0.2) is 28.8 Å². The number of carboxylic acids is 6. The van der Waals surface area contributed by atoms with Crippen molar-refractivity contribution in [2.24, 2.45) is 0 Å². The quantitative estimate of drug-likeness (QED) is 0.197. The fourth-order valence-corrected chi connectivity index (χ4v) is 3.22. The van der Waals surface area contributed by atoms with Gasteiger partial charge in [0.1, 0.15) is 0 Å². The molecule has 0 fully saturated rings. The first-order valence-corrected chi connectivity index (χ1v) is 10.9. The van der Waals surface area contributed by atoms with Crippen molar-refractivity contribution in [2.75, 3.05) is 0 Å². The smallest absolute Gasteiger partial charge is 0.337 e. The van der Waals surface area contributed by atoms with Gasteiger partial charge in [0, 0.05) is 0 Å².